The van der Waals surface area contributed by atoms with Gasteiger partial charge in [-0.15, -0.1) is 0 Å². The lowest BCUT2D eigenvalue weighted by molar-refractivity contribution is 0.177. The number of piperidine rings is 1. The molecule has 1 heterocycles. The van der Waals surface area contributed by atoms with Crippen LogP contribution in [0, 0.1) is 12.8 Å². The van der Waals surface area contributed by atoms with E-state index >= 15 is 0 Å². The molecule has 0 bridgehead atoms. The highest BCUT2D eigenvalue weighted by molar-refractivity contribution is 6.32. The summed E-state index contributed by atoms with van der Waals surface area (Å²) in [5.41, 5.74) is 1.19. The van der Waals surface area contributed by atoms with Crippen LogP contribution in [0.1, 0.15) is 38.2 Å². The summed E-state index contributed by atoms with van der Waals surface area (Å²) in [4.78, 5) is 2.59. The van der Waals surface area contributed by atoms with Gasteiger partial charge in [-0.05, 0) is 69.3 Å². The average molecular weight is 296 g/mol. The molecule has 1 saturated heterocycles. The van der Waals surface area contributed by atoms with Gasteiger partial charge < -0.3 is 9.64 Å². The third kappa shape index (κ3) is 4.99. The van der Waals surface area contributed by atoms with Gasteiger partial charge in [-0.1, -0.05) is 24.6 Å². The number of ether oxygens (including phenoxy) is 1. The number of likely N-dealkylation sites (tertiary alicyclic amines) is 1. The summed E-state index contributed by atoms with van der Waals surface area (Å²) in [6.45, 7) is 8.91. The number of nitrogens with zero attached hydrogens (tertiary/aromatic N) is 1. The van der Waals surface area contributed by atoms with Crippen molar-refractivity contribution < 1.29 is 4.74 Å². The number of hydrogen-bond acceptors (Lipinski definition) is 2. The molecule has 0 spiro atoms. The van der Waals surface area contributed by atoms with Gasteiger partial charge in [0.1, 0.15) is 5.75 Å². The van der Waals surface area contributed by atoms with Gasteiger partial charge in [-0.2, -0.15) is 0 Å². The van der Waals surface area contributed by atoms with Gasteiger partial charge in [0.15, 0.2) is 0 Å². The lowest BCUT2D eigenvalue weighted by Gasteiger charge is -2.30. The maximum Gasteiger partial charge on any atom is 0.138 e. The summed E-state index contributed by atoms with van der Waals surface area (Å²) in [5.74, 6) is 1.68. The molecule has 0 N–H and O–H groups in total. The molecule has 2 rings (SSSR count). The first-order valence-electron chi connectivity index (χ1n) is 7.76. The molecule has 1 aliphatic heterocycles. The molecular formula is C17H26ClNO. The van der Waals surface area contributed by atoms with Gasteiger partial charge in [0, 0.05) is 6.54 Å². The van der Waals surface area contributed by atoms with Crippen molar-refractivity contribution in [2.45, 2.75) is 39.5 Å². The molecule has 1 aliphatic rings. The minimum absolute atomic E-state index is 0.709. The molecule has 1 aromatic rings. The zero-order valence-electron chi connectivity index (χ0n) is 12.7. The van der Waals surface area contributed by atoms with Crippen molar-refractivity contribution in [2.75, 3.05) is 26.2 Å². The van der Waals surface area contributed by atoms with E-state index in [0.29, 0.717) is 5.02 Å². The molecule has 1 fully saturated rings. The number of hydrogen-bond donors (Lipinski definition) is 0. The molecule has 1 unspecified atom stereocenters. The molecule has 0 saturated carbocycles. The topological polar surface area (TPSA) is 12.5 Å². The Morgan fingerprint density at radius 2 is 2.20 bits per heavy atom. The van der Waals surface area contributed by atoms with E-state index in [-0.39, 0.29) is 0 Å². The first-order valence-corrected chi connectivity index (χ1v) is 8.14. The highest BCUT2D eigenvalue weighted by Gasteiger charge is 2.15. The Kier molecular flexibility index (Phi) is 6.18. The van der Waals surface area contributed by atoms with Crippen molar-refractivity contribution in [3.63, 3.8) is 0 Å². The molecule has 1 aromatic carbocycles. The number of benzene rings is 1. The normalized spacial score (nSPS) is 20.1. The van der Waals surface area contributed by atoms with Gasteiger partial charge in [-0.3, -0.25) is 0 Å². The van der Waals surface area contributed by atoms with Crippen molar-refractivity contribution in [2.24, 2.45) is 5.92 Å². The van der Waals surface area contributed by atoms with Gasteiger partial charge in [0.05, 0.1) is 11.6 Å². The van der Waals surface area contributed by atoms with Crippen LogP contribution in [-0.2, 0) is 0 Å². The van der Waals surface area contributed by atoms with E-state index in [1.807, 2.05) is 18.2 Å². The van der Waals surface area contributed by atoms with E-state index in [0.717, 1.165) is 24.7 Å². The summed E-state index contributed by atoms with van der Waals surface area (Å²) in [5, 5.41) is 0.709. The van der Waals surface area contributed by atoms with Crippen LogP contribution < -0.4 is 4.74 Å². The predicted octanol–water partition coefficient (Wildman–Crippen LogP) is 4.54. The van der Waals surface area contributed by atoms with Crippen LogP contribution in [0.25, 0.3) is 0 Å². The van der Waals surface area contributed by atoms with Crippen LogP contribution in [0.2, 0.25) is 5.02 Å². The Bertz CT molecular complexity index is 421. The lowest BCUT2D eigenvalue weighted by atomic mass is 10.0. The Balaban J connectivity index is 1.63. The molecule has 0 amide bonds. The number of rotatable bonds is 6. The molecule has 1 atom stereocenters. The highest BCUT2D eigenvalue weighted by atomic mass is 35.5. The Hall–Kier alpha value is -0.730. The monoisotopic (exact) mass is 295 g/mol. The first kappa shape index (κ1) is 15.7. The molecule has 20 heavy (non-hydrogen) atoms. The van der Waals surface area contributed by atoms with E-state index in [2.05, 4.69) is 18.7 Å². The fraction of sp³-hybridized carbons (Fsp3) is 0.647. The standard InChI is InChI=1S/C17H26ClNO/c1-14-7-8-16(18)17(12-14)20-11-4-3-9-19-10-5-6-15(2)13-19/h7-8,12,15H,3-6,9-11,13H2,1-2H3. The summed E-state index contributed by atoms with van der Waals surface area (Å²) in [6, 6.07) is 5.92. The molecule has 3 heteroatoms. The van der Waals surface area contributed by atoms with Gasteiger partial charge in [0.2, 0.25) is 0 Å². The average Bonchev–Trinajstić information content (AvgIpc) is 2.42. The van der Waals surface area contributed by atoms with Gasteiger partial charge in [0.25, 0.3) is 0 Å². The summed E-state index contributed by atoms with van der Waals surface area (Å²) >= 11 is 6.11. The molecule has 112 valence electrons. The molecule has 0 radical (unpaired) electrons. The lowest BCUT2D eigenvalue weighted by Crippen LogP contribution is -2.35. The summed E-state index contributed by atoms with van der Waals surface area (Å²) < 4.78 is 5.78. The predicted molar refractivity (Wildman–Crippen MR) is 85.8 cm³/mol. The van der Waals surface area contributed by atoms with E-state index in [9.17, 15) is 0 Å². The SMILES string of the molecule is Cc1ccc(Cl)c(OCCCCN2CCCC(C)C2)c1. The summed E-state index contributed by atoms with van der Waals surface area (Å²) in [6.07, 6.45) is 5.05. The molecule has 0 aromatic heterocycles. The van der Waals surface area contributed by atoms with Gasteiger partial charge in [-0.25, -0.2) is 0 Å². The molecular weight excluding hydrogens is 270 g/mol. The number of unbranched alkanes of at least 4 members (excludes halogenated alkanes) is 1. The third-order valence-electron chi connectivity index (χ3n) is 3.95. The second-order valence-electron chi connectivity index (χ2n) is 6.04. The number of halogens is 1. The number of aryl methyl sites for hydroxylation is 1. The van der Waals surface area contributed by atoms with Crippen LogP contribution in [0.3, 0.4) is 0 Å². The minimum Gasteiger partial charge on any atom is -0.492 e. The second-order valence-corrected chi connectivity index (χ2v) is 6.44. The first-order chi connectivity index (χ1) is 9.65. The largest absolute Gasteiger partial charge is 0.492 e. The van der Waals surface area contributed by atoms with E-state index in [1.54, 1.807) is 0 Å². The zero-order chi connectivity index (χ0) is 14.4. The third-order valence-corrected chi connectivity index (χ3v) is 4.27. The quantitative estimate of drug-likeness (QED) is 0.715. The van der Waals surface area contributed by atoms with E-state index in [4.69, 9.17) is 16.3 Å². The van der Waals surface area contributed by atoms with Crippen LogP contribution in [0.4, 0.5) is 0 Å². The Labute approximate surface area is 128 Å². The van der Waals surface area contributed by atoms with Crippen molar-refractivity contribution >= 4 is 11.6 Å². The van der Waals surface area contributed by atoms with Crippen LogP contribution in [0.5, 0.6) is 5.75 Å². The van der Waals surface area contributed by atoms with Crippen molar-refractivity contribution in [1.29, 1.82) is 0 Å². The summed E-state index contributed by atoms with van der Waals surface area (Å²) in [7, 11) is 0. The maximum atomic E-state index is 6.11. The molecule has 2 nitrogen and oxygen atoms in total. The van der Waals surface area contributed by atoms with Crippen molar-refractivity contribution in [3.8, 4) is 5.75 Å². The van der Waals surface area contributed by atoms with Gasteiger partial charge >= 0.3 is 0 Å². The maximum absolute atomic E-state index is 6.11. The van der Waals surface area contributed by atoms with Crippen LogP contribution in [-0.4, -0.2) is 31.1 Å². The smallest absolute Gasteiger partial charge is 0.138 e. The zero-order valence-corrected chi connectivity index (χ0v) is 13.5. The fourth-order valence-corrected chi connectivity index (χ4v) is 3.00. The second kappa shape index (κ2) is 7.90. The van der Waals surface area contributed by atoms with Crippen LogP contribution in [0.15, 0.2) is 18.2 Å². The van der Waals surface area contributed by atoms with E-state index in [1.165, 1.54) is 44.5 Å². The highest BCUT2D eigenvalue weighted by Crippen LogP contribution is 2.25. The van der Waals surface area contributed by atoms with Crippen molar-refractivity contribution in [3.05, 3.63) is 28.8 Å². The van der Waals surface area contributed by atoms with Crippen molar-refractivity contribution in [1.82, 2.24) is 4.90 Å². The minimum atomic E-state index is 0.709. The Morgan fingerprint density at radius 3 is 3.00 bits per heavy atom. The molecule has 0 aliphatic carbocycles. The fourth-order valence-electron chi connectivity index (χ4n) is 2.83. The Morgan fingerprint density at radius 1 is 1.35 bits per heavy atom. The van der Waals surface area contributed by atoms with Crippen LogP contribution >= 0.6 is 11.6 Å². The van der Waals surface area contributed by atoms with E-state index < -0.39 is 0 Å².